The number of carbonyl (C=O) groups is 1. The number of rotatable bonds is 4. The van der Waals surface area contributed by atoms with Gasteiger partial charge in [-0.05, 0) is 47.8 Å². The molecule has 0 amide bonds. The van der Waals surface area contributed by atoms with Crippen LogP contribution >= 0.6 is 15.9 Å². The molecular weight excluding hydrogens is 322 g/mol. The molecule has 0 atom stereocenters. The van der Waals surface area contributed by atoms with Gasteiger partial charge in [-0.15, -0.1) is 0 Å². The molecule has 20 heavy (non-hydrogen) atoms. The van der Waals surface area contributed by atoms with Gasteiger partial charge in [-0.2, -0.15) is 0 Å². The number of nitrogens with zero attached hydrogens (tertiary/aromatic N) is 1. The van der Waals surface area contributed by atoms with Crippen LogP contribution in [0.3, 0.4) is 0 Å². The molecule has 0 aliphatic carbocycles. The van der Waals surface area contributed by atoms with Crippen molar-refractivity contribution >= 4 is 27.6 Å². The molecule has 1 fully saturated rings. The van der Waals surface area contributed by atoms with Crippen LogP contribution in [0.2, 0.25) is 0 Å². The fourth-order valence-electron chi connectivity index (χ4n) is 2.27. The highest BCUT2D eigenvalue weighted by Gasteiger charge is 2.22. The maximum absolute atomic E-state index is 11.6. The average molecular weight is 340 g/mol. The minimum absolute atomic E-state index is 0.284. The van der Waals surface area contributed by atoms with Gasteiger partial charge in [0.25, 0.3) is 0 Å². The van der Waals surface area contributed by atoms with Gasteiger partial charge in [-0.1, -0.05) is 0 Å². The Kier molecular flexibility index (Phi) is 5.06. The molecule has 1 heterocycles. The van der Waals surface area contributed by atoms with Crippen molar-refractivity contribution in [2.75, 3.05) is 25.2 Å². The van der Waals surface area contributed by atoms with Crippen molar-refractivity contribution < 1.29 is 14.3 Å². The van der Waals surface area contributed by atoms with E-state index in [1.165, 1.54) is 0 Å². The maximum Gasteiger partial charge on any atom is 0.332 e. The van der Waals surface area contributed by atoms with Crippen molar-refractivity contribution in [2.24, 2.45) is 0 Å². The van der Waals surface area contributed by atoms with Gasteiger partial charge < -0.3 is 14.4 Å². The predicted octanol–water partition coefficient (Wildman–Crippen LogP) is 3.50. The molecule has 0 N–H and O–H groups in total. The number of esters is 1. The smallest absolute Gasteiger partial charge is 0.332 e. The van der Waals surface area contributed by atoms with Crippen molar-refractivity contribution in [3.63, 3.8) is 0 Å². The fourth-order valence-corrected chi connectivity index (χ4v) is 2.73. The van der Waals surface area contributed by atoms with Gasteiger partial charge in [0.05, 0.1) is 19.4 Å². The minimum atomic E-state index is -0.284. The highest BCUT2D eigenvalue weighted by molar-refractivity contribution is 9.10. The summed E-state index contributed by atoms with van der Waals surface area (Å²) in [4.78, 5) is 13.8. The minimum Gasteiger partial charge on any atom is -0.497 e. The second kappa shape index (κ2) is 6.79. The SMILES string of the molecule is CCOC(=O)/C=C1\CCCN1c1cc(OC)ccc1Br. The molecule has 5 heteroatoms. The number of ether oxygens (including phenoxy) is 2. The largest absolute Gasteiger partial charge is 0.497 e. The first-order valence-electron chi connectivity index (χ1n) is 6.64. The molecule has 0 radical (unpaired) electrons. The van der Waals surface area contributed by atoms with Crippen molar-refractivity contribution in [1.29, 1.82) is 0 Å². The van der Waals surface area contributed by atoms with E-state index in [2.05, 4.69) is 20.8 Å². The van der Waals surface area contributed by atoms with Crippen molar-refractivity contribution in [1.82, 2.24) is 0 Å². The van der Waals surface area contributed by atoms with E-state index in [9.17, 15) is 4.79 Å². The second-order valence-corrected chi connectivity index (χ2v) is 5.31. The van der Waals surface area contributed by atoms with Crippen molar-refractivity contribution in [2.45, 2.75) is 19.8 Å². The van der Waals surface area contributed by atoms with E-state index in [0.29, 0.717) is 6.61 Å². The zero-order chi connectivity index (χ0) is 14.5. The van der Waals surface area contributed by atoms with Gasteiger partial charge >= 0.3 is 5.97 Å². The van der Waals surface area contributed by atoms with Crippen LogP contribution in [0.15, 0.2) is 34.4 Å². The summed E-state index contributed by atoms with van der Waals surface area (Å²) in [6.07, 6.45) is 3.49. The zero-order valence-electron chi connectivity index (χ0n) is 11.7. The van der Waals surface area contributed by atoms with Gasteiger partial charge in [0.15, 0.2) is 0 Å². The normalized spacial score (nSPS) is 16.6. The Morgan fingerprint density at radius 1 is 1.50 bits per heavy atom. The summed E-state index contributed by atoms with van der Waals surface area (Å²) < 4.78 is 11.2. The molecule has 0 aromatic heterocycles. The first kappa shape index (κ1) is 14.9. The first-order valence-corrected chi connectivity index (χ1v) is 7.43. The molecule has 1 aliphatic rings. The molecule has 108 valence electrons. The summed E-state index contributed by atoms with van der Waals surface area (Å²) in [5, 5.41) is 0. The Labute approximate surface area is 127 Å². The van der Waals surface area contributed by atoms with Crippen LogP contribution in [-0.4, -0.2) is 26.2 Å². The molecule has 1 saturated heterocycles. The van der Waals surface area contributed by atoms with Crippen LogP contribution in [-0.2, 0) is 9.53 Å². The number of halogens is 1. The first-order chi connectivity index (χ1) is 9.65. The molecule has 2 rings (SSSR count). The lowest BCUT2D eigenvalue weighted by atomic mass is 10.2. The Hall–Kier alpha value is -1.49. The molecule has 1 aromatic rings. The van der Waals surface area contributed by atoms with Crippen LogP contribution in [0.1, 0.15) is 19.8 Å². The van der Waals surface area contributed by atoms with Gasteiger partial charge in [0.2, 0.25) is 0 Å². The lowest BCUT2D eigenvalue weighted by Gasteiger charge is -2.22. The quantitative estimate of drug-likeness (QED) is 0.621. The van der Waals surface area contributed by atoms with Crippen LogP contribution in [0.4, 0.5) is 5.69 Å². The van der Waals surface area contributed by atoms with Gasteiger partial charge in [-0.25, -0.2) is 4.79 Å². The Balaban J connectivity index is 2.29. The number of hydrogen-bond donors (Lipinski definition) is 0. The van der Waals surface area contributed by atoms with Gasteiger partial charge in [0, 0.05) is 28.9 Å². The van der Waals surface area contributed by atoms with Crippen LogP contribution < -0.4 is 9.64 Å². The Morgan fingerprint density at radius 3 is 3.00 bits per heavy atom. The maximum atomic E-state index is 11.6. The topological polar surface area (TPSA) is 38.8 Å². The van der Waals surface area contributed by atoms with Gasteiger partial charge in [0.1, 0.15) is 5.75 Å². The molecule has 0 bridgehead atoms. The highest BCUT2D eigenvalue weighted by Crippen LogP contribution is 2.36. The van der Waals surface area contributed by atoms with E-state index in [-0.39, 0.29) is 5.97 Å². The van der Waals surface area contributed by atoms with Crippen LogP contribution in [0.5, 0.6) is 5.75 Å². The molecule has 0 saturated carbocycles. The van der Waals surface area contributed by atoms with E-state index in [0.717, 1.165) is 41.0 Å². The summed E-state index contributed by atoms with van der Waals surface area (Å²) in [6.45, 7) is 3.09. The second-order valence-electron chi connectivity index (χ2n) is 4.46. The van der Waals surface area contributed by atoms with Crippen LogP contribution in [0.25, 0.3) is 0 Å². The third-order valence-electron chi connectivity index (χ3n) is 3.18. The number of methoxy groups -OCH3 is 1. The van der Waals surface area contributed by atoms with Crippen molar-refractivity contribution in [3.8, 4) is 5.75 Å². The Bertz CT molecular complexity index is 528. The number of anilines is 1. The molecule has 0 spiro atoms. The monoisotopic (exact) mass is 339 g/mol. The lowest BCUT2D eigenvalue weighted by molar-refractivity contribution is -0.137. The van der Waals surface area contributed by atoms with E-state index < -0.39 is 0 Å². The number of benzene rings is 1. The average Bonchev–Trinajstić information content (AvgIpc) is 2.87. The fraction of sp³-hybridized carbons (Fsp3) is 0.400. The predicted molar refractivity (Wildman–Crippen MR) is 82.0 cm³/mol. The zero-order valence-corrected chi connectivity index (χ0v) is 13.3. The summed E-state index contributed by atoms with van der Waals surface area (Å²) in [5.41, 5.74) is 2.00. The molecule has 0 unspecified atom stereocenters. The summed E-state index contributed by atoms with van der Waals surface area (Å²) in [7, 11) is 1.65. The third-order valence-corrected chi connectivity index (χ3v) is 3.85. The third kappa shape index (κ3) is 3.33. The van der Waals surface area contributed by atoms with E-state index in [1.54, 1.807) is 13.2 Å². The molecule has 1 aromatic carbocycles. The Morgan fingerprint density at radius 2 is 2.30 bits per heavy atom. The summed E-state index contributed by atoms with van der Waals surface area (Å²) in [6, 6.07) is 5.82. The summed E-state index contributed by atoms with van der Waals surface area (Å²) in [5.74, 6) is 0.513. The molecular formula is C15H18BrNO3. The van der Waals surface area contributed by atoms with E-state index in [4.69, 9.17) is 9.47 Å². The number of hydrogen-bond acceptors (Lipinski definition) is 4. The summed E-state index contributed by atoms with van der Waals surface area (Å²) >= 11 is 3.55. The molecule has 1 aliphatic heterocycles. The lowest BCUT2D eigenvalue weighted by Crippen LogP contribution is -2.18. The van der Waals surface area contributed by atoms with Crippen molar-refractivity contribution in [3.05, 3.63) is 34.4 Å². The number of allylic oxidation sites excluding steroid dienone is 1. The number of carbonyl (C=O) groups excluding carboxylic acids is 1. The highest BCUT2D eigenvalue weighted by atomic mass is 79.9. The van der Waals surface area contributed by atoms with E-state index in [1.807, 2.05) is 25.1 Å². The van der Waals surface area contributed by atoms with Crippen LogP contribution in [0, 0.1) is 0 Å². The standard InChI is InChI=1S/C15H18BrNO3/c1-3-20-15(18)9-11-5-4-8-17(11)14-10-12(19-2)6-7-13(14)16/h6-7,9-10H,3-5,8H2,1-2H3/b11-9+. The molecule has 4 nitrogen and oxygen atoms in total. The van der Waals surface area contributed by atoms with Gasteiger partial charge in [-0.3, -0.25) is 0 Å². The van der Waals surface area contributed by atoms with E-state index >= 15 is 0 Å².